The highest BCUT2D eigenvalue weighted by Crippen LogP contribution is 2.26. The van der Waals surface area contributed by atoms with Gasteiger partial charge in [-0.3, -0.25) is 0 Å². The van der Waals surface area contributed by atoms with Crippen LogP contribution >= 0.6 is 0 Å². The monoisotopic (exact) mass is 208 g/mol. The Kier molecular flexibility index (Phi) is 3.35. The fourth-order valence-corrected chi connectivity index (χ4v) is 1.61. The van der Waals surface area contributed by atoms with Crippen LogP contribution in [0.1, 0.15) is 35.3 Å². The molecule has 0 amide bonds. The Bertz CT molecular complexity index is 381. The third-order valence-corrected chi connectivity index (χ3v) is 2.19. The molecule has 0 aliphatic carbocycles. The molecule has 1 aromatic carbocycles. The number of phenols is 1. The molecule has 0 spiro atoms. The Morgan fingerprint density at radius 1 is 1.40 bits per heavy atom. The first-order valence-electron chi connectivity index (χ1n) is 4.97. The summed E-state index contributed by atoms with van der Waals surface area (Å²) in [6, 6.07) is 3.32. The highest BCUT2D eigenvalue weighted by molar-refractivity contribution is 5.91. The van der Waals surface area contributed by atoms with E-state index in [0.717, 1.165) is 5.56 Å². The Morgan fingerprint density at radius 3 is 2.47 bits per heavy atom. The summed E-state index contributed by atoms with van der Waals surface area (Å²) in [7, 11) is 0. The second kappa shape index (κ2) is 4.34. The molecule has 0 aliphatic rings. The van der Waals surface area contributed by atoms with E-state index in [9.17, 15) is 9.90 Å². The van der Waals surface area contributed by atoms with Crippen molar-refractivity contribution in [2.24, 2.45) is 5.92 Å². The summed E-state index contributed by atoms with van der Waals surface area (Å²) < 4.78 is 0. The summed E-state index contributed by atoms with van der Waals surface area (Å²) in [4.78, 5) is 10.9. The molecule has 0 saturated carbocycles. The number of carboxylic acid groups (broad SMARTS) is 1. The zero-order chi connectivity index (χ0) is 11.6. The minimum atomic E-state index is -1.08. The third-order valence-electron chi connectivity index (χ3n) is 2.19. The highest BCUT2D eigenvalue weighted by atomic mass is 16.4. The fraction of sp³-hybridized carbons (Fsp3) is 0.417. The molecule has 0 aromatic heterocycles. The molecule has 0 unspecified atom stereocenters. The molecule has 0 radical (unpaired) electrons. The average Bonchev–Trinajstić information content (AvgIpc) is 2.09. The van der Waals surface area contributed by atoms with Crippen molar-refractivity contribution >= 4 is 5.97 Å². The fourth-order valence-electron chi connectivity index (χ4n) is 1.61. The molecule has 0 atom stereocenters. The summed E-state index contributed by atoms with van der Waals surface area (Å²) in [6.07, 6.45) is 0.688. The molecule has 3 heteroatoms. The lowest BCUT2D eigenvalue weighted by Crippen LogP contribution is -2.02. The van der Waals surface area contributed by atoms with Crippen LogP contribution in [0, 0.1) is 12.8 Å². The minimum Gasteiger partial charge on any atom is -0.507 e. The third kappa shape index (κ3) is 2.72. The van der Waals surface area contributed by atoms with Crippen LogP contribution in [0.3, 0.4) is 0 Å². The van der Waals surface area contributed by atoms with E-state index < -0.39 is 5.97 Å². The maximum Gasteiger partial charge on any atom is 0.339 e. The van der Waals surface area contributed by atoms with E-state index in [0.29, 0.717) is 17.9 Å². The number of carbonyl (C=O) groups is 1. The number of carboxylic acids is 1. The van der Waals surface area contributed by atoms with Crippen LogP contribution in [0.15, 0.2) is 12.1 Å². The molecule has 15 heavy (non-hydrogen) atoms. The van der Waals surface area contributed by atoms with Gasteiger partial charge in [0.05, 0.1) is 0 Å². The summed E-state index contributed by atoms with van der Waals surface area (Å²) in [5.74, 6) is -0.789. The average molecular weight is 208 g/mol. The summed E-state index contributed by atoms with van der Waals surface area (Å²) in [6.45, 7) is 5.89. The minimum absolute atomic E-state index is 0.00866. The molecule has 0 heterocycles. The number of hydrogen-bond donors (Lipinski definition) is 2. The van der Waals surface area contributed by atoms with Crippen LogP contribution in [0.25, 0.3) is 0 Å². The molecule has 82 valence electrons. The van der Waals surface area contributed by atoms with Crippen LogP contribution in [0.4, 0.5) is 0 Å². The van der Waals surface area contributed by atoms with Gasteiger partial charge in [-0.25, -0.2) is 4.79 Å². The van der Waals surface area contributed by atoms with Crippen molar-refractivity contribution in [3.8, 4) is 5.75 Å². The van der Waals surface area contributed by atoms with Gasteiger partial charge in [0, 0.05) is 0 Å². The van der Waals surface area contributed by atoms with Crippen LogP contribution in [-0.4, -0.2) is 16.2 Å². The number of benzene rings is 1. The van der Waals surface area contributed by atoms with E-state index in [2.05, 4.69) is 0 Å². The van der Waals surface area contributed by atoms with Crippen molar-refractivity contribution in [3.05, 3.63) is 28.8 Å². The van der Waals surface area contributed by atoms with Crippen molar-refractivity contribution < 1.29 is 15.0 Å². The van der Waals surface area contributed by atoms with Crippen molar-refractivity contribution in [3.63, 3.8) is 0 Å². The van der Waals surface area contributed by atoms with Crippen molar-refractivity contribution in [1.82, 2.24) is 0 Å². The Morgan fingerprint density at radius 2 is 2.00 bits per heavy atom. The van der Waals surface area contributed by atoms with E-state index in [1.165, 1.54) is 6.07 Å². The molecule has 1 rings (SSSR count). The lowest BCUT2D eigenvalue weighted by molar-refractivity contribution is 0.0693. The van der Waals surface area contributed by atoms with Crippen LogP contribution in [0.5, 0.6) is 5.75 Å². The maximum absolute atomic E-state index is 10.9. The van der Waals surface area contributed by atoms with E-state index in [1.807, 2.05) is 26.8 Å². The molecule has 2 N–H and O–H groups in total. The standard InChI is InChI=1S/C12H16O3/c1-7(2)4-9-5-8(3)6-10(11(9)13)12(14)15/h5-7,13H,4H2,1-3H3,(H,14,15). The first kappa shape index (κ1) is 11.6. The molecule has 3 nitrogen and oxygen atoms in total. The van der Waals surface area contributed by atoms with Gasteiger partial charge in [0.15, 0.2) is 0 Å². The van der Waals surface area contributed by atoms with E-state index in [4.69, 9.17) is 5.11 Å². The number of hydrogen-bond acceptors (Lipinski definition) is 2. The van der Waals surface area contributed by atoms with E-state index in [-0.39, 0.29) is 11.3 Å². The first-order valence-corrected chi connectivity index (χ1v) is 4.97. The Balaban J connectivity index is 3.22. The van der Waals surface area contributed by atoms with E-state index >= 15 is 0 Å². The molecular weight excluding hydrogens is 192 g/mol. The predicted octanol–water partition coefficient (Wildman–Crippen LogP) is 2.60. The Labute approximate surface area is 89.4 Å². The topological polar surface area (TPSA) is 57.5 Å². The number of aryl methyl sites for hydroxylation is 1. The van der Waals surface area contributed by atoms with Crippen LogP contribution < -0.4 is 0 Å². The lowest BCUT2D eigenvalue weighted by atomic mass is 9.97. The number of aromatic hydroxyl groups is 1. The van der Waals surface area contributed by atoms with Gasteiger partial charge in [-0.15, -0.1) is 0 Å². The number of rotatable bonds is 3. The van der Waals surface area contributed by atoms with Gasteiger partial charge >= 0.3 is 5.97 Å². The summed E-state index contributed by atoms with van der Waals surface area (Å²) in [5.41, 5.74) is 1.56. The molecule has 0 saturated heterocycles. The van der Waals surface area contributed by atoms with Crippen molar-refractivity contribution in [2.75, 3.05) is 0 Å². The highest BCUT2D eigenvalue weighted by Gasteiger charge is 2.14. The quantitative estimate of drug-likeness (QED) is 0.802. The van der Waals surface area contributed by atoms with Gasteiger partial charge in [0.1, 0.15) is 11.3 Å². The maximum atomic E-state index is 10.9. The molecule has 0 fully saturated rings. The zero-order valence-corrected chi connectivity index (χ0v) is 9.24. The number of aromatic carboxylic acids is 1. The van der Waals surface area contributed by atoms with Gasteiger partial charge in [0.2, 0.25) is 0 Å². The van der Waals surface area contributed by atoms with Gasteiger partial charge in [0.25, 0.3) is 0 Å². The lowest BCUT2D eigenvalue weighted by Gasteiger charge is -2.10. The zero-order valence-electron chi connectivity index (χ0n) is 9.24. The summed E-state index contributed by atoms with van der Waals surface area (Å²) in [5, 5.41) is 18.6. The normalized spacial score (nSPS) is 10.7. The van der Waals surface area contributed by atoms with Gasteiger partial charge in [-0.2, -0.15) is 0 Å². The van der Waals surface area contributed by atoms with Gasteiger partial charge in [-0.1, -0.05) is 19.9 Å². The van der Waals surface area contributed by atoms with Crippen molar-refractivity contribution in [2.45, 2.75) is 27.2 Å². The van der Waals surface area contributed by atoms with Gasteiger partial charge in [-0.05, 0) is 36.5 Å². The predicted molar refractivity (Wildman–Crippen MR) is 58.3 cm³/mol. The SMILES string of the molecule is Cc1cc(CC(C)C)c(O)c(C(=O)O)c1. The molecule has 1 aromatic rings. The smallest absolute Gasteiger partial charge is 0.339 e. The van der Waals surface area contributed by atoms with Gasteiger partial charge < -0.3 is 10.2 Å². The van der Waals surface area contributed by atoms with E-state index in [1.54, 1.807) is 0 Å². The summed E-state index contributed by atoms with van der Waals surface area (Å²) >= 11 is 0. The molecule has 0 bridgehead atoms. The van der Waals surface area contributed by atoms with Crippen LogP contribution in [0.2, 0.25) is 0 Å². The molecular formula is C12H16O3. The first-order chi connectivity index (χ1) is 6.91. The largest absolute Gasteiger partial charge is 0.507 e. The molecule has 0 aliphatic heterocycles. The second-order valence-electron chi connectivity index (χ2n) is 4.22. The Hall–Kier alpha value is -1.51. The van der Waals surface area contributed by atoms with Crippen LogP contribution in [-0.2, 0) is 6.42 Å². The van der Waals surface area contributed by atoms with Crippen molar-refractivity contribution in [1.29, 1.82) is 0 Å². The second-order valence-corrected chi connectivity index (χ2v) is 4.22.